The average molecular weight is 345 g/mol. The second-order valence-electron chi connectivity index (χ2n) is 4.41. The number of carbonyl (C=O) groups excluding carboxylic acids is 2. The van der Waals surface area contributed by atoms with E-state index in [1.807, 2.05) is 0 Å². The quantitative estimate of drug-likeness (QED) is 0.746. The molecular weight excluding hydrogens is 339 g/mol. The van der Waals surface area contributed by atoms with Gasteiger partial charge in [0, 0.05) is 4.47 Å². The summed E-state index contributed by atoms with van der Waals surface area (Å²) in [6, 6.07) is 10.0. The maximum absolute atomic E-state index is 13.3. The first-order chi connectivity index (χ1) is 10.0. The number of benzene rings is 2. The number of fused-ring (bicyclic) bond motifs is 1. The minimum Gasteiger partial charge on any atom is -0.268 e. The molecule has 0 saturated carbocycles. The summed E-state index contributed by atoms with van der Waals surface area (Å²) in [5, 5.41) is 8.84. The monoisotopic (exact) mass is 344 g/mol. The van der Waals surface area contributed by atoms with Gasteiger partial charge in [-0.05, 0) is 36.4 Å². The SMILES string of the molecule is N#Cc1cc(N2C(=O)c3ccc(Br)cc3C2=O)ccc1F. The van der Waals surface area contributed by atoms with Crippen molar-refractivity contribution in [2.24, 2.45) is 0 Å². The maximum atomic E-state index is 13.3. The lowest BCUT2D eigenvalue weighted by molar-refractivity contribution is 0.0926. The van der Waals surface area contributed by atoms with Crippen LogP contribution in [0.3, 0.4) is 0 Å². The van der Waals surface area contributed by atoms with Gasteiger partial charge in [-0.3, -0.25) is 9.59 Å². The Hall–Kier alpha value is -2.52. The second kappa shape index (κ2) is 4.79. The van der Waals surface area contributed by atoms with Crippen LogP contribution in [0.2, 0.25) is 0 Å². The van der Waals surface area contributed by atoms with Crippen LogP contribution in [0.1, 0.15) is 26.3 Å². The Morgan fingerprint density at radius 3 is 2.48 bits per heavy atom. The fourth-order valence-electron chi connectivity index (χ4n) is 2.19. The normalized spacial score (nSPS) is 13.3. The summed E-state index contributed by atoms with van der Waals surface area (Å²) in [6.07, 6.45) is 0. The summed E-state index contributed by atoms with van der Waals surface area (Å²) in [5.41, 5.74) is 0.517. The van der Waals surface area contributed by atoms with E-state index in [-0.39, 0.29) is 22.4 Å². The van der Waals surface area contributed by atoms with Crippen molar-refractivity contribution in [2.75, 3.05) is 4.90 Å². The van der Waals surface area contributed by atoms with E-state index in [0.29, 0.717) is 4.47 Å². The molecule has 6 heteroatoms. The molecule has 0 spiro atoms. The first kappa shape index (κ1) is 13.5. The molecule has 0 aliphatic carbocycles. The molecule has 1 aliphatic heterocycles. The van der Waals surface area contributed by atoms with Gasteiger partial charge in [-0.2, -0.15) is 5.26 Å². The Balaban J connectivity index is 2.12. The number of halogens is 2. The first-order valence-electron chi connectivity index (χ1n) is 5.91. The van der Waals surface area contributed by atoms with Gasteiger partial charge in [0.25, 0.3) is 11.8 Å². The summed E-state index contributed by atoms with van der Waals surface area (Å²) < 4.78 is 14.0. The van der Waals surface area contributed by atoms with Gasteiger partial charge in [-0.25, -0.2) is 9.29 Å². The lowest BCUT2D eigenvalue weighted by Gasteiger charge is -2.14. The molecule has 1 aliphatic rings. The van der Waals surface area contributed by atoms with Crippen molar-refractivity contribution >= 4 is 33.4 Å². The highest BCUT2D eigenvalue weighted by molar-refractivity contribution is 9.10. The number of amides is 2. The van der Waals surface area contributed by atoms with Crippen molar-refractivity contribution in [3.05, 3.63) is 63.4 Å². The van der Waals surface area contributed by atoms with Gasteiger partial charge in [0.05, 0.1) is 22.4 Å². The predicted molar refractivity (Wildman–Crippen MR) is 76.4 cm³/mol. The van der Waals surface area contributed by atoms with E-state index in [2.05, 4.69) is 15.9 Å². The number of nitriles is 1. The van der Waals surface area contributed by atoms with Crippen LogP contribution in [0.4, 0.5) is 10.1 Å². The largest absolute Gasteiger partial charge is 0.268 e. The zero-order valence-corrected chi connectivity index (χ0v) is 12.0. The molecule has 0 saturated heterocycles. The van der Waals surface area contributed by atoms with Crippen LogP contribution in [-0.2, 0) is 0 Å². The lowest BCUT2D eigenvalue weighted by atomic mass is 10.1. The molecule has 1 heterocycles. The van der Waals surface area contributed by atoms with Crippen LogP contribution < -0.4 is 4.90 Å². The van der Waals surface area contributed by atoms with Crippen LogP contribution in [0.5, 0.6) is 0 Å². The van der Waals surface area contributed by atoms with Crippen LogP contribution >= 0.6 is 15.9 Å². The number of anilines is 1. The molecule has 3 rings (SSSR count). The Morgan fingerprint density at radius 1 is 1.05 bits per heavy atom. The molecule has 0 aromatic heterocycles. The molecule has 4 nitrogen and oxygen atoms in total. The minimum absolute atomic E-state index is 0.176. The average Bonchev–Trinajstić information content (AvgIpc) is 2.71. The smallest absolute Gasteiger partial charge is 0.266 e. The molecule has 0 atom stereocenters. The molecule has 102 valence electrons. The maximum Gasteiger partial charge on any atom is 0.266 e. The van der Waals surface area contributed by atoms with Crippen molar-refractivity contribution in [1.82, 2.24) is 0 Å². The molecule has 21 heavy (non-hydrogen) atoms. The van der Waals surface area contributed by atoms with Gasteiger partial charge in [-0.15, -0.1) is 0 Å². The predicted octanol–water partition coefficient (Wildman–Crippen LogP) is 3.26. The van der Waals surface area contributed by atoms with E-state index >= 15 is 0 Å². The third kappa shape index (κ3) is 2.03. The second-order valence-corrected chi connectivity index (χ2v) is 5.33. The number of hydrogen-bond donors (Lipinski definition) is 0. The van der Waals surface area contributed by atoms with E-state index in [4.69, 9.17) is 5.26 Å². The Morgan fingerprint density at radius 2 is 1.76 bits per heavy atom. The van der Waals surface area contributed by atoms with Gasteiger partial charge in [0.1, 0.15) is 11.9 Å². The highest BCUT2D eigenvalue weighted by atomic mass is 79.9. The van der Waals surface area contributed by atoms with Crippen LogP contribution in [0.25, 0.3) is 0 Å². The third-order valence-corrected chi connectivity index (χ3v) is 3.67. The fourth-order valence-corrected chi connectivity index (χ4v) is 2.55. The van der Waals surface area contributed by atoms with Crippen LogP contribution in [0.15, 0.2) is 40.9 Å². The summed E-state index contributed by atoms with van der Waals surface area (Å²) >= 11 is 3.25. The number of imide groups is 1. The Kier molecular flexibility index (Phi) is 3.07. The van der Waals surface area contributed by atoms with Gasteiger partial charge in [-0.1, -0.05) is 15.9 Å². The Labute approximate surface area is 127 Å². The van der Waals surface area contributed by atoms with E-state index in [0.717, 1.165) is 11.0 Å². The van der Waals surface area contributed by atoms with Crippen molar-refractivity contribution in [3.63, 3.8) is 0 Å². The molecule has 2 aromatic rings. The zero-order valence-electron chi connectivity index (χ0n) is 10.4. The lowest BCUT2D eigenvalue weighted by Crippen LogP contribution is -2.29. The molecule has 2 amide bonds. The number of carbonyl (C=O) groups is 2. The third-order valence-electron chi connectivity index (χ3n) is 3.18. The van der Waals surface area contributed by atoms with Crippen molar-refractivity contribution < 1.29 is 14.0 Å². The summed E-state index contributed by atoms with van der Waals surface area (Å²) in [7, 11) is 0. The topological polar surface area (TPSA) is 61.2 Å². The molecule has 0 N–H and O–H groups in total. The summed E-state index contributed by atoms with van der Waals surface area (Å²) in [5.74, 6) is -1.68. The highest BCUT2D eigenvalue weighted by Crippen LogP contribution is 2.31. The van der Waals surface area contributed by atoms with E-state index in [9.17, 15) is 14.0 Å². The molecule has 0 fully saturated rings. The minimum atomic E-state index is -0.694. The van der Waals surface area contributed by atoms with Gasteiger partial charge < -0.3 is 0 Å². The van der Waals surface area contributed by atoms with Crippen molar-refractivity contribution in [1.29, 1.82) is 5.26 Å². The summed E-state index contributed by atoms with van der Waals surface area (Å²) in [6.45, 7) is 0. The first-order valence-corrected chi connectivity index (χ1v) is 6.70. The number of hydrogen-bond acceptors (Lipinski definition) is 3. The van der Waals surface area contributed by atoms with Gasteiger partial charge in [0.2, 0.25) is 0 Å². The van der Waals surface area contributed by atoms with Crippen LogP contribution in [0, 0.1) is 17.1 Å². The Bertz CT molecular complexity index is 842. The van der Waals surface area contributed by atoms with E-state index in [1.54, 1.807) is 24.3 Å². The zero-order chi connectivity index (χ0) is 15.1. The van der Waals surface area contributed by atoms with E-state index in [1.165, 1.54) is 12.1 Å². The fraction of sp³-hybridized carbons (Fsp3) is 0. The molecule has 0 unspecified atom stereocenters. The van der Waals surface area contributed by atoms with Crippen molar-refractivity contribution in [2.45, 2.75) is 0 Å². The van der Waals surface area contributed by atoms with Gasteiger partial charge >= 0.3 is 0 Å². The van der Waals surface area contributed by atoms with Crippen molar-refractivity contribution in [3.8, 4) is 6.07 Å². The molecule has 2 aromatic carbocycles. The summed E-state index contributed by atoms with van der Waals surface area (Å²) in [4.78, 5) is 25.6. The number of rotatable bonds is 1. The molecular formula is C15H6BrFN2O2. The van der Waals surface area contributed by atoms with Gasteiger partial charge in [0.15, 0.2) is 0 Å². The van der Waals surface area contributed by atoms with Crippen LogP contribution in [-0.4, -0.2) is 11.8 Å². The van der Waals surface area contributed by atoms with E-state index < -0.39 is 17.6 Å². The molecule has 0 radical (unpaired) electrons. The number of nitrogens with zero attached hydrogens (tertiary/aromatic N) is 2. The molecule has 0 bridgehead atoms. The highest BCUT2D eigenvalue weighted by Gasteiger charge is 2.36. The standard InChI is InChI=1S/C15H6BrFN2O2/c16-9-1-3-11-12(6-9)15(21)19(14(11)20)10-2-4-13(17)8(5-10)7-18/h1-6H.